The number of hydrazone groups is 1. The number of hydrogen-bond acceptors (Lipinski definition) is 8. The zero-order chi connectivity index (χ0) is 18.9. The fourth-order valence-electron chi connectivity index (χ4n) is 1.55. The minimum absolute atomic E-state index is 0.0342. The number of carbonyl (C=O) groups excluding carboxylic acids is 4. The Kier molecular flexibility index (Phi) is 8.77. The van der Waals surface area contributed by atoms with E-state index < -0.39 is 35.1 Å². The topological polar surface area (TPSA) is 138 Å². The number of primary amides is 1. The van der Waals surface area contributed by atoms with E-state index >= 15 is 0 Å². The summed E-state index contributed by atoms with van der Waals surface area (Å²) in [5.74, 6) is -3.18. The van der Waals surface area contributed by atoms with E-state index in [1.54, 1.807) is 0 Å². The molecular formula is C14H21N3O7. The van der Waals surface area contributed by atoms with Crippen LogP contribution in [0.3, 0.4) is 0 Å². The number of ether oxygens (including phenoxy) is 3. The highest BCUT2D eigenvalue weighted by molar-refractivity contribution is 6.30. The maximum atomic E-state index is 12.1. The van der Waals surface area contributed by atoms with Crippen LogP contribution >= 0.6 is 0 Å². The minimum Gasteiger partial charge on any atom is -0.465 e. The number of urea groups is 1. The van der Waals surface area contributed by atoms with Crippen molar-refractivity contribution in [1.82, 2.24) is 5.01 Å². The summed E-state index contributed by atoms with van der Waals surface area (Å²) in [4.78, 5) is 47.3. The molecule has 0 saturated carbocycles. The molecule has 0 unspecified atom stereocenters. The van der Waals surface area contributed by atoms with Gasteiger partial charge in [0.2, 0.25) is 0 Å². The fourth-order valence-corrected chi connectivity index (χ4v) is 1.55. The molecule has 0 aliphatic rings. The third kappa shape index (κ3) is 5.71. The third-order valence-corrected chi connectivity index (χ3v) is 2.58. The van der Waals surface area contributed by atoms with Crippen LogP contribution in [-0.2, 0) is 28.6 Å². The average molecular weight is 343 g/mol. The summed E-state index contributed by atoms with van der Waals surface area (Å²) in [5.41, 5.74) is 3.74. The maximum absolute atomic E-state index is 12.1. The van der Waals surface area contributed by atoms with Crippen molar-refractivity contribution in [2.45, 2.75) is 20.8 Å². The molecule has 10 nitrogen and oxygen atoms in total. The number of hydrogen-bond donors (Lipinski definition) is 1. The molecule has 2 amide bonds. The molecule has 134 valence electrons. The average Bonchev–Trinajstić information content (AvgIpc) is 2.51. The van der Waals surface area contributed by atoms with Gasteiger partial charge in [0.1, 0.15) is 5.57 Å². The van der Waals surface area contributed by atoms with Crippen molar-refractivity contribution in [2.75, 3.05) is 27.4 Å². The third-order valence-electron chi connectivity index (χ3n) is 2.58. The van der Waals surface area contributed by atoms with Crippen molar-refractivity contribution in [1.29, 1.82) is 0 Å². The standard InChI is InChI=1S/C14H21N3O7/c1-6-23-12(19)10(13(20)24-7-2)9(11(18)22-5)8(3)16-17(4)14(15)21/h6-7H2,1-5H3,(H2,15,21)/b16-8+. The van der Waals surface area contributed by atoms with Crippen LogP contribution in [0, 0.1) is 0 Å². The largest absolute Gasteiger partial charge is 0.465 e. The van der Waals surface area contributed by atoms with Gasteiger partial charge in [-0.05, 0) is 20.8 Å². The Morgan fingerprint density at radius 1 is 0.958 bits per heavy atom. The van der Waals surface area contributed by atoms with Crippen molar-refractivity contribution in [3.63, 3.8) is 0 Å². The van der Waals surface area contributed by atoms with Crippen LogP contribution in [0.1, 0.15) is 20.8 Å². The van der Waals surface area contributed by atoms with Gasteiger partial charge < -0.3 is 19.9 Å². The molecule has 2 N–H and O–H groups in total. The van der Waals surface area contributed by atoms with E-state index in [-0.39, 0.29) is 18.9 Å². The van der Waals surface area contributed by atoms with Gasteiger partial charge in [-0.25, -0.2) is 24.2 Å². The molecule has 0 spiro atoms. The molecule has 0 bridgehead atoms. The van der Waals surface area contributed by atoms with Crippen LogP contribution in [0.25, 0.3) is 0 Å². The molecule has 0 atom stereocenters. The molecule has 0 heterocycles. The van der Waals surface area contributed by atoms with E-state index in [0.717, 1.165) is 12.1 Å². The van der Waals surface area contributed by atoms with Crippen molar-refractivity contribution in [2.24, 2.45) is 10.8 Å². The van der Waals surface area contributed by atoms with Crippen LogP contribution in [0.2, 0.25) is 0 Å². The van der Waals surface area contributed by atoms with Crippen LogP contribution < -0.4 is 5.73 Å². The second-order valence-corrected chi connectivity index (χ2v) is 4.23. The lowest BCUT2D eigenvalue weighted by Crippen LogP contribution is -2.31. The lowest BCUT2D eigenvalue weighted by atomic mass is 10.0. The minimum atomic E-state index is -1.08. The summed E-state index contributed by atoms with van der Waals surface area (Å²) in [5, 5.41) is 4.48. The summed E-state index contributed by atoms with van der Waals surface area (Å²) in [6.07, 6.45) is 0. The normalized spacial score (nSPS) is 10.5. The summed E-state index contributed by atoms with van der Waals surface area (Å²) >= 11 is 0. The monoisotopic (exact) mass is 343 g/mol. The molecule has 0 aromatic heterocycles. The molecule has 0 saturated heterocycles. The Morgan fingerprint density at radius 3 is 1.75 bits per heavy atom. The van der Waals surface area contributed by atoms with E-state index in [2.05, 4.69) is 9.84 Å². The quantitative estimate of drug-likeness (QED) is 0.130. The highest BCUT2D eigenvalue weighted by Crippen LogP contribution is 2.14. The first kappa shape index (κ1) is 21.1. The number of nitrogens with zero attached hydrogens (tertiary/aromatic N) is 2. The number of amides is 2. The number of esters is 3. The van der Waals surface area contributed by atoms with Crippen molar-refractivity contribution < 1.29 is 33.4 Å². The van der Waals surface area contributed by atoms with Gasteiger partial charge in [0, 0.05) is 7.05 Å². The van der Waals surface area contributed by atoms with Gasteiger partial charge in [-0.3, -0.25) is 0 Å². The number of nitrogens with two attached hydrogens (primary N) is 1. The van der Waals surface area contributed by atoms with Gasteiger partial charge in [-0.1, -0.05) is 0 Å². The molecule has 0 rings (SSSR count). The van der Waals surface area contributed by atoms with Crippen molar-refractivity contribution >= 4 is 29.7 Å². The fraction of sp³-hybridized carbons (Fsp3) is 0.500. The van der Waals surface area contributed by atoms with E-state index in [4.69, 9.17) is 15.2 Å². The van der Waals surface area contributed by atoms with Gasteiger partial charge in [0.15, 0.2) is 5.57 Å². The smallest absolute Gasteiger partial charge is 0.346 e. The lowest BCUT2D eigenvalue weighted by molar-refractivity contribution is -0.148. The highest BCUT2D eigenvalue weighted by Gasteiger charge is 2.32. The molecule has 0 aliphatic carbocycles. The first-order valence-electron chi connectivity index (χ1n) is 6.96. The van der Waals surface area contributed by atoms with Crippen LogP contribution in [0.5, 0.6) is 0 Å². The number of rotatable bonds is 7. The van der Waals surface area contributed by atoms with Gasteiger partial charge in [-0.15, -0.1) is 0 Å². The van der Waals surface area contributed by atoms with Gasteiger partial charge in [-0.2, -0.15) is 5.10 Å². The molecule has 0 fully saturated rings. The van der Waals surface area contributed by atoms with E-state index in [1.165, 1.54) is 27.8 Å². The van der Waals surface area contributed by atoms with Crippen LogP contribution in [0.4, 0.5) is 4.79 Å². The first-order valence-corrected chi connectivity index (χ1v) is 6.96. The predicted octanol–water partition coefficient (Wildman–Crippen LogP) is -0.0314. The van der Waals surface area contributed by atoms with E-state index in [9.17, 15) is 19.2 Å². The maximum Gasteiger partial charge on any atom is 0.346 e. The molecular weight excluding hydrogens is 322 g/mol. The van der Waals surface area contributed by atoms with Gasteiger partial charge in [0.25, 0.3) is 0 Å². The molecule has 0 radical (unpaired) electrons. The van der Waals surface area contributed by atoms with E-state index in [1.807, 2.05) is 0 Å². The second kappa shape index (κ2) is 9.98. The lowest BCUT2D eigenvalue weighted by Gasteiger charge is -2.14. The summed E-state index contributed by atoms with van der Waals surface area (Å²) in [6, 6.07) is -0.910. The molecule has 10 heteroatoms. The molecule has 24 heavy (non-hydrogen) atoms. The second-order valence-electron chi connectivity index (χ2n) is 4.23. The van der Waals surface area contributed by atoms with Crippen LogP contribution in [-0.4, -0.2) is 62.0 Å². The summed E-state index contributed by atoms with van der Waals surface area (Å²) in [6.45, 7) is 4.28. The molecule has 0 aliphatic heterocycles. The van der Waals surface area contributed by atoms with Gasteiger partial charge >= 0.3 is 23.9 Å². The van der Waals surface area contributed by atoms with Crippen LogP contribution in [0.15, 0.2) is 16.2 Å². The number of methoxy groups -OCH3 is 1. The Balaban J connectivity index is 6.37. The summed E-state index contributed by atoms with van der Waals surface area (Å²) < 4.78 is 14.2. The zero-order valence-corrected chi connectivity index (χ0v) is 14.2. The van der Waals surface area contributed by atoms with Gasteiger partial charge in [0.05, 0.1) is 26.0 Å². The van der Waals surface area contributed by atoms with Crippen molar-refractivity contribution in [3.8, 4) is 0 Å². The Bertz CT molecular complexity index is 561. The Hall–Kier alpha value is -2.91. The first-order chi connectivity index (χ1) is 11.2. The molecule has 0 aromatic rings. The highest BCUT2D eigenvalue weighted by atomic mass is 16.6. The molecule has 0 aromatic carbocycles. The zero-order valence-electron chi connectivity index (χ0n) is 14.2. The van der Waals surface area contributed by atoms with E-state index in [0.29, 0.717) is 0 Å². The predicted molar refractivity (Wildman–Crippen MR) is 82.8 cm³/mol. The SMILES string of the molecule is CCOC(=O)C(C(=O)OCC)=C(C(=O)OC)/C(C)=N/N(C)C(N)=O. The summed E-state index contributed by atoms with van der Waals surface area (Å²) in [7, 11) is 2.29. The van der Waals surface area contributed by atoms with Crippen molar-refractivity contribution in [3.05, 3.63) is 11.1 Å². The number of carbonyl (C=O) groups is 4. The Labute approximate surface area is 139 Å². The Morgan fingerprint density at radius 2 is 1.42 bits per heavy atom.